The van der Waals surface area contributed by atoms with Crippen molar-refractivity contribution in [2.24, 2.45) is 0 Å². The topological polar surface area (TPSA) is 30.9 Å². The van der Waals surface area contributed by atoms with Crippen LogP contribution in [0.15, 0.2) is 30.5 Å². The number of anilines is 1. The van der Waals surface area contributed by atoms with E-state index in [1.54, 1.807) is 6.07 Å². The number of rotatable bonds is 1. The number of halogens is 3. The van der Waals surface area contributed by atoms with Crippen LogP contribution in [0, 0.1) is 0 Å². The third kappa shape index (κ3) is 2.28. The van der Waals surface area contributed by atoms with E-state index in [9.17, 15) is 13.2 Å². The minimum atomic E-state index is -4.38. The Bertz CT molecular complexity index is 641. The number of hydrogen-bond acceptors (Lipinski definition) is 1. The summed E-state index contributed by atoms with van der Waals surface area (Å²) in [6.07, 6.45) is 1.57. The van der Waals surface area contributed by atoms with Gasteiger partial charge in [-0.1, -0.05) is 0 Å². The number of nitrogen functional groups attached to an aromatic ring is 1. The summed E-state index contributed by atoms with van der Waals surface area (Å²) in [5, 5.41) is 0. The molecule has 1 aliphatic rings. The van der Waals surface area contributed by atoms with Crippen molar-refractivity contribution in [3.05, 3.63) is 47.3 Å². The first-order valence-electron chi connectivity index (χ1n) is 6.62. The van der Waals surface area contributed by atoms with Crippen LogP contribution in [-0.4, -0.2) is 4.57 Å². The lowest BCUT2D eigenvalue weighted by atomic mass is 9.98. The highest BCUT2D eigenvalue weighted by Gasteiger charge is 2.31. The lowest BCUT2D eigenvalue weighted by Crippen LogP contribution is -2.10. The Balaban J connectivity index is 2.11. The van der Waals surface area contributed by atoms with Crippen molar-refractivity contribution in [1.29, 1.82) is 0 Å². The fraction of sp³-hybridized carbons (Fsp3) is 0.333. The van der Waals surface area contributed by atoms with Crippen molar-refractivity contribution < 1.29 is 13.2 Å². The van der Waals surface area contributed by atoms with E-state index >= 15 is 0 Å². The second kappa shape index (κ2) is 4.58. The van der Waals surface area contributed by atoms with Gasteiger partial charge >= 0.3 is 6.18 Å². The molecule has 5 heteroatoms. The molecule has 1 aromatic heterocycles. The number of hydrogen-bond donors (Lipinski definition) is 1. The molecule has 0 spiro atoms. The molecular formula is C15H15F3N2. The van der Waals surface area contributed by atoms with Gasteiger partial charge in [0.2, 0.25) is 0 Å². The van der Waals surface area contributed by atoms with Gasteiger partial charge < -0.3 is 10.3 Å². The monoisotopic (exact) mass is 280 g/mol. The molecule has 1 aliphatic carbocycles. The maximum atomic E-state index is 12.9. The predicted octanol–water partition coefficient (Wildman–Crippen LogP) is 3.96. The lowest BCUT2D eigenvalue weighted by molar-refractivity contribution is -0.137. The molecule has 2 N–H and O–H groups in total. The molecule has 0 radical (unpaired) electrons. The highest BCUT2D eigenvalue weighted by Crippen LogP contribution is 2.33. The molecule has 3 rings (SSSR count). The van der Waals surface area contributed by atoms with Gasteiger partial charge in [0, 0.05) is 23.3 Å². The Hall–Kier alpha value is -1.91. The highest BCUT2D eigenvalue weighted by molar-refractivity contribution is 5.53. The van der Waals surface area contributed by atoms with Gasteiger partial charge in [-0.05, 0) is 55.5 Å². The average Bonchev–Trinajstić information content (AvgIpc) is 2.80. The van der Waals surface area contributed by atoms with E-state index in [0.29, 0.717) is 5.69 Å². The molecule has 0 saturated carbocycles. The van der Waals surface area contributed by atoms with Crippen LogP contribution in [0.1, 0.15) is 29.7 Å². The second-order valence-corrected chi connectivity index (χ2v) is 5.18. The number of aromatic nitrogens is 1. The Morgan fingerprint density at radius 2 is 1.80 bits per heavy atom. The largest absolute Gasteiger partial charge is 0.416 e. The van der Waals surface area contributed by atoms with Gasteiger partial charge in [-0.3, -0.25) is 0 Å². The summed E-state index contributed by atoms with van der Waals surface area (Å²) in [6, 6.07) is 5.71. The normalized spacial score (nSPS) is 15.2. The molecule has 1 heterocycles. The zero-order valence-electron chi connectivity index (χ0n) is 10.9. The van der Waals surface area contributed by atoms with Crippen molar-refractivity contribution in [3.8, 4) is 5.69 Å². The smallest absolute Gasteiger partial charge is 0.399 e. The zero-order chi connectivity index (χ0) is 14.3. The van der Waals surface area contributed by atoms with Gasteiger partial charge in [0.05, 0.1) is 5.56 Å². The second-order valence-electron chi connectivity index (χ2n) is 5.18. The molecule has 0 unspecified atom stereocenters. The summed E-state index contributed by atoms with van der Waals surface area (Å²) in [7, 11) is 0. The third-order valence-corrected chi connectivity index (χ3v) is 3.74. The lowest BCUT2D eigenvalue weighted by Gasteiger charge is -2.17. The molecule has 2 nitrogen and oxygen atoms in total. The minimum Gasteiger partial charge on any atom is -0.399 e. The quantitative estimate of drug-likeness (QED) is 0.788. The molecular weight excluding hydrogens is 265 g/mol. The summed E-state index contributed by atoms with van der Waals surface area (Å²) in [5.74, 6) is 0. The first-order valence-corrected chi connectivity index (χ1v) is 6.62. The van der Waals surface area contributed by atoms with E-state index in [4.69, 9.17) is 5.73 Å². The van der Waals surface area contributed by atoms with Gasteiger partial charge in [0.15, 0.2) is 0 Å². The number of aryl methyl sites for hydroxylation is 1. The maximum Gasteiger partial charge on any atom is 0.416 e. The van der Waals surface area contributed by atoms with Crippen LogP contribution in [-0.2, 0) is 19.0 Å². The summed E-state index contributed by atoms with van der Waals surface area (Å²) in [6.45, 7) is 0. The van der Waals surface area contributed by atoms with Crippen molar-refractivity contribution in [2.45, 2.75) is 31.9 Å². The van der Waals surface area contributed by atoms with Crippen molar-refractivity contribution in [3.63, 3.8) is 0 Å². The first-order chi connectivity index (χ1) is 9.45. The Morgan fingerprint density at radius 1 is 1.05 bits per heavy atom. The summed E-state index contributed by atoms with van der Waals surface area (Å²) in [5.41, 5.74) is 7.88. The van der Waals surface area contributed by atoms with Crippen LogP contribution < -0.4 is 5.73 Å². The molecule has 0 amide bonds. The Morgan fingerprint density at radius 3 is 2.55 bits per heavy atom. The van der Waals surface area contributed by atoms with Gasteiger partial charge in [-0.15, -0.1) is 0 Å². The number of nitrogens with zero attached hydrogens (tertiary/aromatic N) is 1. The predicted molar refractivity (Wildman–Crippen MR) is 71.8 cm³/mol. The molecule has 0 atom stereocenters. The number of alkyl halides is 3. The summed E-state index contributed by atoms with van der Waals surface area (Å²) < 4.78 is 40.4. The molecule has 0 saturated heterocycles. The Kier molecular flexibility index (Phi) is 3.00. The van der Waals surface area contributed by atoms with E-state index in [-0.39, 0.29) is 5.69 Å². The van der Waals surface area contributed by atoms with E-state index < -0.39 is 11.7 Å². The van der Waals surface area contributed by atoms with Crippen LogP contribution in [0.25, 0.3) is 5.69 Å². The number of benzene rings is 1. The number of fused-ring (bicyclic) bond motifs is 1. The molecule has 0 bridgehead atoms. The van der Waals surface area contributed by atoms with Crippen LogP contribution in [0.4, 0.5) is 18.9 Å². The fourth-order valence-electron chi connectivity index (χ4n) is 2.80. The van der Waals surface area contributed by atoms with Crippen LogP contribution in [0.2, 0.25) is 0 Å². The molecule has 1 aromatic carbocycles. The van der Waals surface area contributed by atoms with E-state index in [0.717, 1.165) is 43.5 Å². The number of nitrogens with two attached hydrogens (primary N) is 1. The molecule has 0 aliphatic heterocycles. The van der Waals surface area contributed by atoms with Gasteiger partial charge in [-0.25, -0.2) is 0 Å². The fourth-order valence-corrected chi connectivity index (χ4v) is 2.80. The van der Waals surface area contributed by atoms with Gasteiger partial charge in [0.25, 0.3) is 0 Å². The van der Waals surface area contributed by atoms with Gasteiger partial charge in [0.1, 0.15) is 0 Å². The van der Waals surface area contributed by atoms with Crippen LogP contribution in [0.3, 0.4) is 0 Å². The molecule has 0 fully saturated rings. The van der Waals surface area contributed by atoms with Crippen molar-refractivity contribution in [2.75, 3.05) is 5.73 Å². The zero-order valence-corrected chi connectivity index (χ0v) is 10.9. The van der Waals surface area contributed by atoms with Crippen LogP contribution in [0.5, 0.6) is 0 Å². The third-order valence-electron chi connectivity index (χ3n) is 3.74. The summed E-state index contributed by atoms with van der Waals surface area (Å²) in [4.78, 5) is 0. The van der Waals surface area contributed by atoms with E-state index in [2.05, 4.69) is 0 Å². The van der Waals surface area contributed by atoms with E-state index in [1.807, 2.05) is 16.8 Å². The molecule has 20 heavy (non-hydrogen) atoms. The average molecular weight is 280 g/mol. The molecule has 106 valence electrons. The Labute approximate surface area is 115 Å². The van der Waals surface area contributed by atoms with E-state index in [1.165, 1.54) is 5.56 Å². The maximum absolute atomic E-state index is 12.9. The molecule has 2 aromatic rings. The standard InChI is InChI=1S/C15H15F3N2/c16-15(17,18)11-7-12(19)9-13(8-11)20-6-5-10-3-1-2-4-14(10)20/h5-9H,1-4,19H2. The van der Waals surface area contributed by atoms with Crippen molar-refractivity contribution >= 4 is 5.69 Å². The van der Waals surface area contributed by atoms with Crippen molar-refractivity contribution in [1.82, 2.24) is 4.57 Å². The SMILES string of the molecule is Nc1cc(-n2ccc3c2CCCC3)cc(C(F)(F)F)c1. The van der Waals surface area contributed by atoms with Gasteiger partial charge in [-0.2, -0.15) is 13.2 Å². The minimum absolute atomic E-state index is 0.132. The summed E-state index contributed by atoms with van der Waals surface area (Å²) >= 11 is 0. The van der Waals surface area contributed by atoms with Crippen LogP contribution >= 0.6 is 0 Å². The first kappa shape index (κ1) is 13.1. The highest BCUT2D eigenvalue weighted by atomic mass is 19.4.